The van der Waals surface area contributed by atoms with E-state index in [1.165, 1.54) is 17.3 Å². The summed E-state index contributed by atoms with van der Waals surface area (Å²) in [6.45, 7) is 0.0727. The fraction of sp³-hybridized carbons (Fsp3) is 0.263. The molecule has 4 aromatic rings. The third kappa shape index (κ3) is 3.76. The minimum atomic E-state index is -4.89. The third-order valence-corrected chi connectivity index (χ3v) is 5.02. The van der Waals surface area contributed by atoms with E-state index in [1.807, 2.05) is 0 Å². The van der Waals surface area contributed by atoms with Gasteiger partial charge in [0, 0.05) is 24.7 Å². The zero-order valence-electron chi connectivity index (χ0n) is 16.3. The van der Waals surface area contributed by atoms with Crippen molar-refractivity contribution < 1.29 is 40.3 Å². The van der Waals surface area contributed by atoms with Gasteiger partial charge >= 0.3 is 6.36 Å². The maximum absolute atomic E-state index is 13.3. The number of carbonyl (C=O) groups excluding carboxylic acids is 1. The average Bonchev–Trinajstić information content (AvgIpc) is 3.49. The van der Waals surface area contributed by atoms with E-state index < -0.39 is 41.9 Å². The fourth-order valence-electron chi connectivity index (χ4n) is 3.69. The number of H-pyrrole nitrogens is 1. The molecule has 1 aliphatic heterocycles. The zero-order valence-corrected chi connectivity index (χ0v) is 16.3. The summed E-state index contributed by atoms with van der Waals surface area (Å²) in [5, 5.41) is 0. The molecule has 3 aromatic heterocycles. The summed E-state index contributed by atoms with van der Waals surface area (Å²) in [7, 11) is 0. The van der Waals surface area contributed by atoms with E-state index in [9.17, 15) is 26.7 Å². The Kier molecular flexibility index (Phi) is 4.79. The predicted octanol–water partition coefficient (Wildman–Crippen LogP) is 4.16. The van der Waals surface area contributed by atoms with E-state index in [1.54, 1.807) is 0 Å². The summed E-state index contributed by atoms with van der Waals surface area (Å²) in [6, 6.07) is 2.26. The van der Waals surface area contributed by atoms with Crippen LogP contribution in [0.3, 0.4) is 0 Å². The van der Waals surface area contributed by atoms with E-state index >= 15 is 0 Å². The van der Waals surface area contributed by atoms with E-state index in [-0.39, 0.29) is 23.5 Å². The first-order valence-corrected chi connectivity index (χ1v) is 9.42. The summed E-state index contributed by atoms with van der Waals surface area (Å²) < 4.78 is 78.7. The SMILES string of the molecule is O=C(c1ocnc1C(F)F)N1CCc2[nH]cnc2[C@H]1c1nc2cc(OC(F)(F)F)ccc2o1. The van der Waals surface area contributed by atoms with Gasteiger partial charge in [-0.2, -0.15) is 0 Å². The van der Waals surface area contributed by atoms with Crippen LogP contribution >= 0.6 is 0 Å². The van der Waals surface area contributed by atoms with Crippen LogP contribution in [-0.4, -0.2) is 43.7 Å². The summed E-state index contributed by atoms with van der Waals surface area (Å²) in [6.07, 6.45) is -5.46. The average molecular weight is 469 g/mol. The van der Waals surface area contributed by atoms with E-state index in [0.29, 0.717) is 17.8 Å². The van der Waals surface area contributed by atoms with Gasteiger partial charge in [0.25, 0.3) is 12.3 Å². The van der Waals surface area contributed by atoms with Gasteiger partial charge in [0.05, 0.1) is 12.0 Å². The maximum atomic E-state index is 13.3. The Morgan fingerprint density at radius 3 is 2.85 bits per heavy atom. The molecule has 172 valence electrons. The Balaban J connectivity index is 1.57. The second-order valence-corrected chi connectivity index (χ2v) is 7.01. The summed E-state index contributed by atoms with van der Waals surface area (Å²) in [5.74, 6) is -2.10. The molecule has 0 fully saturated rings. The molecular formula is C19H12F5N5O4. The van der Waals surface area contributed by atoms with Crippen molar-refractivity contribution in [3.63, 3.8) is 0 Å². The van der Waals surface area contributed by atoms with Crippen LogP contribution in [0.15, 0.2) is 39.8 Å². The number of halogens is 5. The molecule has 1 aromatic carbocycles. The highest BCUT2D eigenvalue weighted by Crippen LogP contribution is 2.37. The molecule has 0 saturated carbocycles. The molecule has 0 bridgehead atoms. The molecule has 33 heavy (non-hydrogen) atoms. The molecule has 0 spiro atoms. The van der Waals surface area contributed by atoms with Gasteiger partial charge < -0.3 is 23.5 Å². The molecule has 0 aliphatic carbocycles. The standard InChI is InChI=1S/C19H12F5N5O4/c20-16(21)13-15(31-7-27-13)18(30)29-4-3-9-12(26-6-25-9)14(29)17-28-10-5-8(33-19(22,23)24)1-2-11(10)32-17/h1-2,5-7,14,16H,3-4H2,(H,25,26)/t14-/m0/s1. The maximum Gasteiger partial charge on any atom is 0.573 e. The van der Waals surface area contributed by atoms with Crippen molar-refractivity contribution in [2.24, 2.45) is 0 Å². The lowest BCUT2D eigenvalue weighted by Crippen LogP contribution is -2.41. The highest BCUT2D eigenvalue weighted by molar-refractivity contribution is 5.93. The van der Waals surface area contributed by atoms with Gasteiger partial charge in [-0.1, -0.05) is 0 Å². The number of fused-ring (bicyclic) bond motifs is 2. The number of aromatic nitrogens is 4. The second-order valence-electron chi connectivity index (χ2n) is 7.01. The number of nitrogens with one attached hydrogen (secondary N) is 1. The highest BCUT2D eigenvalue weighted by Gasteiger charge is 2.40. The molecule has 0 unspecified atom stereocenters. The number of aromatic amines is 1. The number of benzene rings is 1. The molecule has 14 heteroatoms. The number of amides is 1. The first-order chi connectivity index (χ1) is 15.7. The van der Waals surface area contributed by atoms with Gasteiger partial charge in [-0.25, -0.2) is 23.7 Å². The van der Waals surface area contributed by atoms with Gasteiger partial charge in [0.2, 0.25) is 11.7 Å². The second kappa shape index (κ2) is 7.56. The van der Waals surface area contributed by atoms with Gasteiger partial charge in [-0.05, 0) is 12.1 Å². The monoisotopic (exact) mass is 469 g/mol. The number of rotatable bonds is 4. The summed E-state index contributed by atoms with van der Waals surface area (Å²) in [5.41, 5.74) is 0.375. The van der Waals surface area contributed by atoms with Crippen molar-refractivity contribution in [3.05, 3.63) is 59.7 Å². The van der Waals surface area contributed by atoms with Crippen LogP contribution in [0.2, 0.25) is 0 Å². The number of oxazole rings is 2. The number of hydrogen-bond acceptors (Lipinski definition) is 7. The lowest BCUT2D eigenvalue weighted by Gasteiger charge is -2.32. The minimum absolute atomic E-state index is 0.0368. The van der Waals surface area contributed by atoms with Crippen molar-refractivity contribution >= 4 is 17.0 Å². The number of nitrogens with zero attached hydrogens (tertiary/aromatic N) is 4. The minimum Gasteiger partial charge on any atom is -0.438 e. The topological polar surface area (TPSA) is 110 Å². The Morgan fingerprint density at radius 2 is 2.09 bits per heavy atom. The van der Waals surface area contributed by atoms with Crippen molar-refractivity contribution in [1.82, 2.24) is 24.8 Å². The zero-order chi connectivity index (χ0) is 23.3. The first kappa shape index (κ1) is 20.9. The molecule has 0 radical (unpaired) electrons. The third-order valence-electron chi connectivity index (χ3n) is 5.02. The van der Waals surface area contributed by atoms with Crippen LogP contribution in [0, 0.1) is 0 Å². The lowest BCUT2D eigenvalue weighted by atomic mass is 10.0. The Bertz CT molecular complexity index is 1330. The smallest absolute Gasteiger partial charge is 0.438 e. The summed E-state index contributed by atoms with van der Waals surface area (Å²) in [4.78, 5) is 29.1. The number of hydrogen-bond donors (Lipinski definition) is 1. The molecule has 1 amide bonds. The van der Waals surface area contributed by atoms with E-state index in [0.717, 1.165) is 18.5 Å². The number of carbonyl (C=O) groups is 1. The van der Waals surface area contributed by atoms with Crippen LogP contribution < -0.4 is 4.74 Å². The predicted molar refractivity (Wildman–Crippen MR) is 97.3 cm³/mol. The van der Waals surface area contributed by atoms with Crippen LogP contribution in [0.25, 0.3) is 11.1 Å². The van der Waals surface area contributed by atoms with Gasteiger partial charge in [-0.3, -0.25) is 4.79 Å². The first-order valence-electron chi connectivity index (χ1n) is 9.42. The molecule has 4 heterocycles. The number of imidazole rings is 1. The van der Waals surface area contributed by atoms with Crippen molar-refractivity contribution in [2.75, 3.05) is 6.54 Å². The molecular weight excluding hydrogens is 457 g/mol. The quantitative estimate of drug-likeness (QED) is 0.447. The highest BCUT2D eigenvalue weighted by atomic mass is 19.4. The summed E-state index contributed by atoms with van der Waals surface area (Å²) >= 11 is 0. The van der Waals surface area contributed by atoms with Crippen molar-refractivity contribution in [1.29, 1.82) is 0 Å². The van der Waals surface area contributed by atoms with Crippen LogP contribution in [0.1, 0.15) is 46.0 Å². The molecule has 0 saturated heterocycles. The Morgan fingerprint density at radius 1 is 1.27 bits per heavy atom. The van der Waals surface area contributed by atoms with Crippen molar-refractivity contribution in [3.8, 4) is 5.75 Å². The molecule has 9 nitrogen and oxygen atoms in total. The fourth-order valence-corrected chi connectivity index (χ4v) is 3.69. The van der Waals surface area contributed by atoms with Crippen LogP contribution in [-0.2, 0) is 6.42 Å². The largest absolute Gasteiger partial charge is 0.573 e. The Hall–Kier alpha value is -3.97. The van der Waals surface area contributed by atoms with E-state index in [4.69, 9.17) is 8.83 Å². The van der Waals surface area contributed by atoms with E-state index in [2.05, 4.69) is 24.7 Å². The van der Waals surface area contributed by atoms with Crippen molar-refractivity contribution in [2.45, 2.75) is 25.3 Å². The normalized spacial score (nSPS) is 16.4. The van der Waals surface area contributed by atoms with Crippen LogP contribution in [0.5, 0.6) is 5.75 Å². The van der Waals surface area contributed by atoms with Crippen LogP contribution in [0.4, 0.5) is 22.0 Å². The molecule has 1 atom stereocenters. The molecule has 1 N–H and O–H groups in total. The molecule has 1 aliphatic rings. The van der Waals surface area contributed by atoms with Gasteiger partial charge in [0.15, 0.2) is 23.7 Å². The number of ether oxygens (including phenoxy) is 1. The lowest BCUT2D eigenvalue weighted by molar-refractivity contribution is -0.274. The molecule has 5 rings (SSSR count). The van der Waals surface area contributed by atoms with Gasteiger partial charge in [-0.15, -0.1) is 13.2 Å². The Labute approximate surface area is 180 Å². The van der Waals surface area contributed by atoms with Gasteiger partial charge in [0.1, 0.15) is 11.3 Å². The number of alkyl halides is 5.